The second-order valence-electron chi connectivity index (χ2n) is 3.67. The maximum Gasteiger partial charge on any atom is 0.325 e. The Labute approximate surface area is 109 Å². The monoisotopic (exact) mass is 277 g/mol. The van der Waals surface area contributed by atoms with Gasteiger partial charge >= 0.3 is 5.97 Å². The summed E-state index contributed by atoms with van der Waals surface area (Å²) in [6.07, 6.45) is 1.69. The van der Waals surface area contributed by atoms with Crippen molar-refractivity contribution in [2.24, 2.45) is 0 Å². The highest BCUT2D eigenvalue weighted by atomic mass is 35.5. The van der Waals surface area contributed by atoms with Crippen LogP contribution in [0.2, 0.25) is 5.02 Å². The van der Waals surface area contributed by atoms with Gasteiger partial charge in [-0.25, -0.2) is 8.78 Å². The Morgan fingerprint density at radius 1 is 1.44 bits per heavy atom. The highest BCUT2D eigenvalue weighted by molar-refractivity contribution is 6.33. The SMILES string of the molecule is CCCCOC(=O)CNc1c(F)cc(F)cc1Cl. The molecule has 1 N–H and O–H groups in total. The van der Waals surface area contributed by atoms with Crippen LogP contribution in [0.5, 0.6) is 0 Å². The summed E-state index contributed by atoms with van der Waals surface area (Å²) in [5.41, 5.74) is -0.106. The smallest absolute Gasteiger partial charge is 0.325 e. The molecular weight excluding hydrogens is 264 g/mol. The Bertz CT molecular complexity index is 404. The predicted octanol–water partition coefficient (Wildman–Crippen LogP) is 3.37. The average molecular weight is 278 g/mol. The van der Waals surface area contributed by atoms with E-state index in [0.29, 0.717) is 12.7 Å². The summed E-state index contributed by atoms with van der Waals surface area (Å²) in [5, 5.41) is 2.37. The number of ether oxygens (including phenoxy) is 1. The minimum Gasteiger partial charge on any atom is -0.464 e. The lowest BCUT2D eigenvalue weighted by atomic mass is 10.3. The van der Waals surface area contributed by atoms with Crippen LogP contribution in [0, 0.1) is 11.6 Å². The van der Waals surface area contributed by atoms with Crippen molar-refractivity contribution in [1.82, 2.24) is 0 Å². The van der Waals surface area contributed by atoms with Crippen LogP contribution >= 0.6 is 11.6 Å². The van der Waals surface area contributed by atoms with E-state index in [-0.39, 0.29) is 17.3 Å². The normalized spacial score (nSPS) is 10.2. The molecule has 6 heteroatoms. The van der Waals surface area contributed by atoms with Gasteiger partial charge in [-0.1, -0.05) is 24.9 Å². The van der Waals surface area contributed by atoms with E-state index < -0.39 is 17.6 Å². The third-order valence-corrected chi connectivity index (χ3v) is 2.48. The van der Waals surface area contributed by atoms with Gasteiger partial charge in [0, 0.05) is 6.07 Å². The van der Waals surface area contributed by atoms with Crippen LogP contribution in [0.15, 0.2) is 12.1 Å². The average Bonchev–Trinajstić information content (AvgIpc) is 2.27. The van der Waals surface area contributed by atoms with Crippen molar-refractivity contribution in [2.75, 3.05) is 18.5 Å². The molecule has 0 aliphatic carbocycles. The van der Waals surface area contributed by atoms with E-state index in [1.807, 2.05) is 6.92 Å². The van der Waals surface area contributed by atoms with Gasteiger partial charge in [0.1, 0.15) is 12.4 Å². The second kappa shape index (κ2) is 7.16. The van der Waals surface area contributed by atoms with Crippen LogP contribution in [0.1, 0.15) is 19.8 Å². The zero-order valence-corrected chi connectivity index (χ0v) is 10.7. The number of carbonyl (C=O) groups is 1. The molecule has 0 saturated carbocycles. The summed E-state index contributed by atoms with van der Waals surface area (Å²) in [6.45, 7) is 2.09. The van der Waals surface area contributed by atoms with Crippen molar-refractivity contribution in [2.45, 2.75) is 19.8 Å². The molecule has 18 heavy (non-hydrogen) atoms. The molecule has 0 fully saturated rings. The quantitative estimate of drug-likeness (QED) is 0.640. The van der Waals surface area contributed by atoms with Crippen LogP contribution < -0.4 is 5.32 Å². The zero-order chi connectivity index (χ0) is 13.5. The van der Waals surface area contributed by atoms with Crippen LogP contribution in [0.25, 0.3) is 0 Å². The molecule has 0 unspecified atom stereocenters. The third-order valence-electron chi connectivity index (χ3n) is 2.18. The standard InChI is InChI=1S/C12H14ClF2NO2/c1-2-3-4-18-11(17)7-16-12-9(13)5-8(14)6-10(12)15/h5-6,16H,2-4,7H2,1H3. The molecular formula is C12H14ClF2NO2. The summed E-state index contributed by atoms with van der Waals surface area (Å²) in [6, 6.07) is 1.66. The summed E-state index contributed by atoms with van der Waals surface area (Å²) in [7, 11) is 0. The van der Waals surface area contributed by atoms with Crippen molar-refractivity contribution in [3.05, 3.63) is 28.8 Å². The molecule has 0 aromatic heterocycles. The van der Waals surface area contributed by atoms with Crippen molar-refractivity contribution >= 4 is 23.3 Å². The number of carbonyl (C=O) groups excluding carboxylic acids is 1. The number of unbranched alkanes of at least 4 members (excludes halogenated alkanes) is 1. The first-order valence-electron chi connectivity index (χ1n) is 5.58. The predicted molar refractivity (Wildman–Crippen MR) is 65.7 cm³/mol. The number of esters is 1. The van der Waals surface area contributed by atoms with Crippen LogP contribution in [0.4, 0.5) is 14.5 Å². The molecule has 1 rings (SSSR count). The number of halogens is 3. The van der Waals surface area contributed by atoms with Crippen molar-refractivity contribution < 1.29 is 18.3 Å². The molecule has 1 aromatic rings. The van der Waals surface area contributed by atoms with Gasteiger partial charge < -0.3 is 10.1 Å². The molecule has 0 atom stereocenters. The summed E-state index contributed by atoms with van der Waals surface area (Å²) >= 11 is 5.65. The van der Waals surface area contributed by atoms with E-state index in [1.165, 1.54) is 0 Å². The molecule has 0 aliphatic heterocycles. The molecule has 0 heterocycles. The summed E-state index contributed by atoms with van der Waals surface area (Å²) in [5.74, 6) is -2.13. The lowest BCUT2D eigenvalue weighted by molar-refractivity contribution is -0.141. The fourth-order valence-corrected chi connectivity index (χ4v) is 1.51. The first-order chi connectivity index (χ1) is 8.54. The minimum atomic E-state index is -0.846. The molecule has 1 aromatic carbocycles. The maximum absolute atomic E-state index is 13.3. The molecule has 0 bridgehead atoms. The molecule has 0 spiro atoms. The molecule has 100 valence electrons. The highest BCUT2D eigenvalue weighted by Gasteiger charge is 2.11. The van der Waals surface area contributed by atoms with Crippen molar-refractivity contribution in [3.63, 3.8) is 0 Å². The first-order valence-corrected chi connectivity index (χ1v) is 5.96. The fourth-order valence-electron chi connectivity index (χ4n) is 1.25. The van der Waals surface area contributed by atoms with Gasteiger partial charge in [-0.15, -0.1) is 0 Å². The number of rotatable bonds is 6. The lowest BCUT2D eigenvalue weighted by Crippen LogP contribution is -2.18. The van der Waals surface area contributed by atoms with Gasteiger partial charge in [-0.2, -0.15) is 0 Å². The number of hydrogen-bond donors (Lipinski definition) is 1. The lowest BCUT2D eigenvalue weighted by Gasteiger charge is -2.09. The van der Waals surface area contributed by atoms with Crippen molar-refractivity contribution in [1.29, 1.82) is 0 Å². The number of anilines is 1. The highest BCUT2D eigenvalue weighted by Crippen LogP contribution is 2.25. The zero-order valence-electron chi connectivity index (χ0n) is 9.93. The molecule has 0 aliphatic rings. The molecule has 0 saturated heterocycles. The number of benzene rings is 1. The van der Waals surface area contributed by atoms with Gasteiger partial charge in [-0.05, 0) is 12.5 Å². The van der Waals surface area contributed by atoms with E-state index >= 15 is 0 Å². The van der Waals surface area contributed by atoms with Gasteiger partial charge in [0.15, 0.2) is 5.82 Å². The maximum atomic E-state index is 13.3. The first kappa shape index (κ1) is 14.7. The largest absolute Gasteiger partial charge is 0.464 e. The van der Waals surface area contributed by atoms with Gasteiger partial charge in [0.25, 0.3) is 0 Å². The van der Waals surface area contributed by atoms with Crippen LogP contribution in [-0.2, 0) is 9.53 Å². The van der Waals surface area contributed by atoms with E-state index in [1.54, 1.807) is 0 Å². The molecule has 3 nitrogen and oxygen atoms in total. The Morgan fingerprint density at radius 2 is 2.17 bits per heavy atom. The van der Waals surface area contributed by atoms with Gasteiger partial charge in [-0.3, -0.25) is 4.79 Å². The third kappa shape index (κ3) is 4.49. The Kier molecular flexibility index (Phi) is 5.85. The van der Waals surface area contributed by atoms with Crippen LogP contribution in [-0.4, -0.2) is 19.1 Å². The van der Waals surface area contributed by atoms with Gasteiger partial charge in [0.2, 0.25) is 0 Å². The Morgan fingerprint density at radius 3 is 2.78 bits per heavy atom. The van der Waals surface area contributed by atoms with Gasteiger partial charge in [0.05, 0.1) is 17.3 Å². The Balaban J connectivity index is 2.51. The van der Waals surface area contributed by atoms with Crippen molar-refractivity contribution in [3.8, 4) is 0 Å². The van der Waals surface area contributed by atoms with E-state index in [9.17, 15) is 13.6 Å². The topological polar surface area (TPSA) is 38.3 Å². The fraction of sp³-hybridized carbons (Fsp3) is 0.417. The summed E-state index contributed by atoms with van der Waals surface area (Å²) < 4.78 is 31.0. The minimum absolute atomic E-state index is 0.106. The number of nitrogens with one attached hydrogen (secondary N) is 1. The second-order valence-corrected chi connectivity index (χ2v) is 4.08. The Hall–Kier alpha value is -1.36. The number of hydrogen-bond acceptors (Lipinski definition) is 3. The summed E-state index contributed by atoms with van der Waals surface area (Å²) in [4.78, 5) is 11.3. The molecule has 0 amide bonds. The molecule has 0 radical (unpaired) electrons. The van der Waals surface area contributed by atoms with E-state index in [0.717, 1.165) is 18.9 Å². The van der Waals surface area contributed by atoms with E-state index in [2.05, 4.69) is 5.32 Å². The van der Waals surface area contributed by atoms with E-state index in [4.69, 9.17) is 16.3 Å². The van der Waals surface area contributed by atoms with Crippen LogP contribution in [0.3, 0.4) is 0 Å².